The monoisotopic (exact) mass is 266 g/mol. The molecule has 2 N–H and O–H groups in total. The number of aromatic nitrogens is 1. The van der Waals surface area contributed by atoms with Gasteiger partial charge < -0.3 is 15.0 Å². The van der Waals surface area contributed by atoms with E-state index in [0.717, 1.165) is 0 Å². The van der Waals surface area contributed by atoms with E-state index in [1.807, 2.05) is 27.7 Å². The quantitative estimate of drug-likeness (QED) is 0.629. The molecule has 0 spiro atoms. The van der Waals surface area contributed by atoms with Crippen LogP contribution in [0, 0.1) is 5.95 Å². The van der Waals surface area contributed by atoms with Gasteiger partial charge in [-0.25, -0.2) is 4.98 Å². The van der Waals surface area contributed by atoms with Crippen LogP contribution in [0.5, 0.6) is 0 Å². The van der Waals surface area contributed by atoms with E-state index in [1.54, 1.807) is 0 Å². The highest BCUT2D eigenvalue weighted by Crippen LogP contribution is 2.36. The first-order chi connectivity index (χ1) is 8.62. The lowest BCUT2D eigenvalue weighted by molar-refractivity contribution is 0.00578. The largest absolute Gasteiger partial charge is 0.495 e. The number of halogens is 1. The molecule has 0 saturated carbocycles. The van der Waals surface area contributed by atoms with Crippen molar-refractivity contribution in [2.24, 2.45) is 5.73 Å². The number of pyridine rings is 1. The lowest BCUT2D eigenvalue weighted by atomic mass is 9.79. The van der Waals surface area contributed by atoms with Crippen molar-refractivity contribution in [3.05, 3.63) is 23.8 Å². The number of amides is 1. The molecule has 0 aromatic carbocycles. The Morgan fingerprint density at radius 2 is 1.79 bits per heavy atom. The zero-order valence-electron chi connectivity index (χ0n) is 11.4. The number of rotatable bonds is 2. The second-order valence-electron chi connectivity index (χ2n) is 5.56. The second-order valence-corrected chi connectivity index (χ2v) is 5.56. The van der Waals surface area contributed by atoms with Gasteiger partial charge in [-0.3, -0.25) is 4.79 Å². The van der Waals surface area contributed by atoms with E-state index in [9.17, 15) is 9.18 Å². The Labute approximate surface area is 111 Å². The minimum Gasteiger partial charge on any atom is -0.399 e. The molecule has 0 atom stereocenters. The Morgan fingerprint density at radius 3 is 2.26 bits per heavy atom. The van der Waals surface area contributed by atoms with Gasteiger partial charge in [0.1, 0.15) is 5.69 Å². The van der Waals surface area contributed by atoms with Crippen molar-refractivity contribution in [3.63, 3.8) is 0 Å². The predicted octanol–water partition coefficient (Wildman–Crippen LogP) is 0.619. The smallest absolute Gasteiger partial charge is 0.399 e. The SMILES string of the molecule is CC1(C)OB(c2cc(F)nc(C(N)=O)c2)OC1(C)C. The molecule has 19 heavy (non-hydrogen) atoms. The van der Waals surface area contributed by atoms with Crippen LogP contribution in [-0.2, 0) is 9.31 Å². The molecule has 7 heteroatoms. The van der Waals surface area contributed by atoms with Gasteiger partial charge in [-0.15, -0.1) is 0 Å². The van der Waals surface area contributed by atoms with E-state index in [-0.39, 0.29) is 5.69 Å². The average Bonchev–Trinajstić information content (AvgIpc) is 2.47. The van der Waals surface area contributed by atoms with Crippen molar-refractivity contribution in [1.29, 1.82) is 0 Å². The number of hydrogen-bond acceptors (Lipinski definition) is 4. The molecule has 1 aliphatic heterocycles. The Hall–Kier alpha value is -1.47. The van der Waals surface area contributed by atoms with Crippen molar-refractivity contribution in [2.45, 2.75) is 38.9 Å². The summed E-state index contributed by atoms with van der Waals surface area (Å²) in [6.07, 6.45) is 0. The molecule has 1 aromatic heterocycles. The fraction of sp³-hybridized carbons (Fsp3) is 0.500. The molecule has 2 heterocycles. The number of nitrogens with two attached hydrogens (primary N) is 1. The summed E-state index contributed by atoms with van der Waals surface area (Å²) in [4.78, 5) is 14.5. The van der Waals surface area contributed by atoms with E-state index in [0.29, 0.717) is 5.46 Å². The summed E-state index contributed by atoms with van der Waals surface area (Å²) in [6.45, 7) is 7.55. The van der Waals surface area contributed by atoms with Crippen LogP contribution in [0.2, 0.25) is 0 Å². The zero-order valence-corrected chi connectivity index (χ0v) is 11.4. The minimum atomic E-state index is -0.794. The maximum absolute atomic E-state index is 13.4. The number of nitrogens with zero attached hydrogens (tertiary/aromatic N) is 1. The van der Waals surface area contributed by atoms with Gasteiger partial charge in [-0.1, -0.05) is 0 Å². The van der Waals surface area contributed by atoms with Crippen molar-refractivity contribution in [2.75, 3.05) is 0 Å². The Morgan fingerprint density at radius 1 is 1.26 bits per heavy atom. The summed E-state index contributed by atoms with van der Waals surface area (Å²) < 4.78 is 24.9. The van der Waals surface area contributed by atoms with Gasteiger partial charge in [0.15, 0.2) is 0 Å². The van der Waals surface area contributed by atoms with E-state index in [4.69, 9.17) is 15.0 Å². The van der Waals surface area contributed by atoms with E-state index in [2.05, 4.69) is 4.98 Å². The summed E-state index contributed by atoms with van der Waals surface area (Å²) >= 11 is 0. The van der Waals surface area contributed by atoms with Gasteiger partial charge >= 0.3 is 7.12 Å². The Bertz CT molecular complexity index is 518. The first-order valence-electron chi connectivity index (χ1n) is 5.95. The first kappa shape index (κ1) is 14.0. The van der Waals surface area contributed by atoms with Crippen molar-refractivity contribution in [3.8, 4) is 0 Å². The van der Waals surface area contributed by atoms with Crippen LogP contribution in [0.3, 0.4) is 0 Å². The lowest BCUT2D eigenvalue weighted by Gasteiger charge is -2.32. The molecule has 102 valence electrons. The highest BCUT2D eigenvalue weighted by atomic mass is 19.1. The summed E-state index contributed by atoms with van der Waals surface area (Å²) in [7, 11) is -0.749. The molecular formula is C12H16BFN2O3. The molecule has 0 unspecified atom stereocenters. The van der Waals surface area contributed by atoms with Crippen molar-refractivity contribution >= 4 is 18.5 Å². The van der Waals surface area contributed by atoms with Crippen LogP contribution in [0.1, 0.15) is 38.2 Å². The normalized spacial score (nSPS) is 20.6. The molecule has 0 bridgehead atoms. The number of carbonyl (C=O) groups excluding carboxylic acids is 1. The standard InChI is InChI=1S/C12H16BFN2O3/c1-11(2)12(3,4)19-13(18-11)7-5-8(10(15)17)16-9(14)6-7/h5-6H,1-4H3,(H2,15,17). The maximum Gasteiger partial charge on any atom is 0.495 e. The van der Waals surface area contributed by atoms with Gasteiger partial charge in [0, 0.05) is 0 Å². The molecule has 0 aliphatic carbocycles. The van der Waals surface area contributed by atoms with Crippen LogP contribution >= 0.6 is 0 Å². The Kier molecular flexibility index (Phi) is 3.14. The van der Waals surface area contributed by atoms with Crippen LogP contribution < -0.4 is 11.2 Å². The average molecular weight is 266 g/mol. The summed E-state index contributed by atoms with van der Waals surface area (Å²) in [5.41, 5.74) is 4.27. The topological polar surface area (TPSA) is 74.4 Å². The molecule has 0 radical (unpaired) electrons. The van der Waals surface area contributed by atoms with Crippen molar-refractivity contribution in [1.82, 2.24) is 4.98 Å². The van der Waals surface area contributed by atoms with Gasteiger partial charge in [0.05, 0.1) is 11.2 Å². The molecule has 1 saturated heterocycles. The third-order valence-corrected chi connectivity index (χ3v) is 3.59. The molecule has 1 fully saturated rings. The van der Waals surface area contributed by atoms with Crippen molar-refractivity contribution < 1.29 is 18.5 Å². The van der Waals surface area contributed by atoms with Gasteiger partial charge in [-0.2, -0.15) is 4.39 Å². The molecule has 5 nitrogen and oxygen atoms in total. The van der Waals surface area contributed by atoms with E-state index in [1.165, 1.54) is 12.1 Å². The van der Waals surface area contributed by atoms with Gasteiger partial charge in [0.2, 0.25) is 5.95 Å². The molecule has 1 amide bonds. The lowest BCUT2D eigenvalue weighted by Crippen LogP contribution is -2.41. The van der Waals surface area contributed by atoms with Crippen LogP contribution in [-0.4, -0.2) is 29.2 Å². The van der Waals surface area contributed by atoms with E-state index < -0.39 is 30.2 Å². The molecule has 2 rings (SSSR count). The molecular weight excluding hydrogens is 250 g/mol. The van der Waals surface area contributed by atoms with Crippen LogP contribution in [0.15, 0.2) is 12.1 Å². The maximum atomic E-state index is 13.4. The highest BCUT2D eigenvalue weighted by Gasteiger charge is 2.51. The van der Waals surface area contributed by atoms with E-state index >= 15 is 0 Å². The molecule has 1 aromatic rings. The van der Waals surface area contributed by atoms with Gasteiger partial charge in [-0.05, 0) is 45.3 Å². The fourth-order valence-electron chi connectivity index (χ4n) is 1.76. The first-order valence-corrected chi connectivity index (χ1v) is 5.95. The van der Waals surface area contributed by atoms with Crippen LogP contribution in [0.25, 0.3) is 0 Å². The number of primary amides is 1. The third kappa shape index (κ3) is 2.48. The summed E-state index contributed by atoms with van der Waals surface area (Å²) in [5.74, 6) is -1.58. The summed E-state index contributed by atoms with van der Waals surface area (Å²) in [6, 6.07) is 2.56. The van der Waals surface area contributed by atoms with Crippen LogP contribution in [0.4, 0.5) is 4.39 Å². The number of carbonyl (C=O) groups is 1. The highest BCUT2D eigenvalue weighted by molar-refractivity contribution is 6.62. The Balaban J connectivity index is 2.37. The fourth-order valence-corrected chi connectivity index (χ4v) is 1.76. The molecule has 1 aliphatic rings. The number of hydrogen-bond donors (Lipinski definition) is 1. The predicted molar refractivity (Wildman–Crippen MR) is 68.4 cm³/mol. The summed E-state index contributed by atoms with van der Waals surface area (Å²) in [5, 5.41) is 0. The second kappa shape index (κ2) is 4.28. The zero-order chi connectivity index (χ0) is 14.4. The third-order valence-electron chi connectivity index (χ3n) is 3.59. The van der Waals surface area contributed by atoms with Gasteiger partial charge in [0.25, 0.3) is 5.91 Å². The minimum absolute atomic E-state index is 0.148.